The molecule has 0 radical (unpaired) electrons. The van der Waals surface area contributed by atoms with Crippen molar-refractivity contribution in [2.75, 3.05) is 5.33 Å². The van der Waals surface area contributed by atoms with E-state index >= 15 is 0 Å². The molecule has 0 fully saturated rings. The van der Waals surface area contributed by atoms with Crippen LogP contribution in [0.15, 0.2) is 18.2 Å². The van der Waals surface area contributed by atoms with E-state index in [1.165, 1.54) is 0 Å². The van der Waals surface area contributed by atoms with Crippen molar-refractivity contribution in [3.05, 3.63) is 39.4 Å². The topological polar surface area (TPSA) is 43.1 Å². The number of alkyl halides is 2. The molecule has 1 atom stereocenters. The van der Waals surface area contributed by atoms with Gasteiger partial charge < -0.3 is 0 Å². The van der Waals surface area contributed by atoms with E-state index in [0.717, 1.165) is 10.9 Å². The normalized spacial score (nSPS) is 12.5. The maximum atomic E-state index is 10.6. The second-order valence-electron chi connectivity index (χ2n) is 2.92. The van der Waals surface area contributed by atoms with Gasteiger partial charge in [-0.05, 0) is 18.6 Å². The molecule has 0 heterocycles. The van der Waals surface area contributed by atoms with Crippen LogP contribution in [-0.4, -0.2) is 10.3 Å². The number of halogens is 2. The monoisotopic (exact) mass is 321 g/mol. The van der Waals surface area contributed by atoms with Crippen molar-refractivity contribution in [3.63, 3.8) is 0 Å². The molecule has 0 aliphatic rings. The molecule has 0 amide bonds. The average molecular weight is 323 g/mol. The molecule has 0 spiro atoms. The number of hydrogen-bond donors (Lipinski definition) is 0. The molecule has 0 saturated carbocycles. The largest absolute Gasteiger partial charge is 0.272 e. The molecule has 0 saturated heterocycles. The smallest absolute Gasteiger partial charge is 0.258 e. The van der Waals surface area contributed by atoms with Crippen molar-refractivity contribution in [1.82, 2.24) is 0 Å². The van der Waals surface area contributed by atoms with Crippen LogP contribution in [0.1, 0.15) is 16.0 Å². The highest BCUT2D eigenvalue weighted by atomic mass is 79.9. The van der Waals surface area contributed by atoms with Crippen LogP contribution in [0, 0.1) is 17.0 Å². The van der Waals surface area contributed by atoms with E-state index in [-0.39, 0.29) is 15.4 Å². The third-order valence-electron chi connectivity index (χ3n) is 1.91. The van der Waals surface area contributed by atoms with Crippen LogP contribution >= 0.6 is 31.9 Å². The van der Waals surface area contributed by atoms with Crippen molar-refractivity contribution in [2.45, 2.75) is 11.8 Å². The van der Waals surface area contributed by atoms with Gasteiger partial charge >= 0.3 is 0 Å². The molecular formula is C9H9Br2NO2. The molecule has 14 heavy (non-hydrogen) atoms. The second kappa shape index (κ2) is 4.89. The van der Waals surface area contributed by atoms with E-state index < -0.39 is 0 Å². The highest BCUT2D eigenvalue weighted by Crippen LogP contribution is 2.28. The molecule has 0 N–H and O–H groups in total. The Morgan fingerprint density at radius 1 is 1.57 bits per heavy atom. The summed E-state index contributed by atoms with van der Waals surface area (Å²) in [5, 5.41) is 11.3. The molecule has 1 aromatic carbocycles. The summed E-state index contributed by atoms with van der Waals surface area (Å²) >= 11 is 6.81. The Morgan fingerprint density at radius 3 is 2.64 bits per heavy atom. The summed E-state index contributed by atoms with van der Waals surface area (Å²) in [4.78, 5) is 10.4. The van der Waals surface area contributed by atoms with Gasteiger partial charge in [0, 0.05) is 21.8 Å². The van der Waals surface area contributed by atoms with Gasteiger partial charge in [-0.3, -0.25) is 10.1 Å². The van der Waals surface area contributed by atoms with Crippen LogP contribution in [0.25, 0.3) is 0 Å². The highest BCUT2D eigenvalue weighted by molar-refractivity contribution is 9.12. The van der Waals surface area contributed by atoms with E-state index in [2.05, 4.69) is 31.9 Å². The molecule has 1 rings (SSSR count). The third-order valence-corrected chi connectivity index (χ3v) is 4.28. The summed E-state index contributed by atoms with van der Waals surface area (Å²) in [6, 6.07) is 5.15. The molecule has 5 heteroatoms. The van der Waals surface area contributed by atoms with Crippen molar-refractivity contribution in [1.29, 1.82) is 0 Å². The number of nitro benzene ring substituents is 1. The Balaban J connectivity index is 3.06. The van der Waals surface area contributed by atoms with E-state index in [4.69, 9.17) is 0 Å². The fourth-order valence-corrected chi connectivity index (χ4v) is 1.83. The number of nitro groups is 1. The van der Waals surface area contributed by atoms with E-state index in [1.807, 2.05) is 6.07 Å². The molecule has 76 valence electrons. The lowest BCUT2D eigenvalue weighted by molar-refractivity contribution is -0.385. The molecule has 3 nitrogen and oxygen atoms in total. The predicted molar refractivity (Wildman–Crippen MR) is 63.3 cm³/mol. The van der Waals surface area contributed by atoms with Crippen LogP contribution < -0.4 is 0 Å². The molecule has 0 aliphatic heterocycles. The fourth-order valence-electron chi connectivity index (χ4n) is 1.17. The van der Waals surface area contributed by atoms with Gasteiger partial charge in [0.25, 0.3) is 5.69 Å². The Hall–Kier alpha value is -0.420. The second-order valence-corrected chi connectivity index (χ2v) is 4.68. The summed E-state index contributed by atoms with van der Waals surface area (Å²) in [6.07, 6.45) is 0. The third kappa shape index (κ3) is 2.54. The Bertz CT molecular complexity index is 355. The van der Waals surface area contributed by atoms with Gasteiger partial charge in [0.05, 0.1) is 4.92 Å². The molecule has 1 unspecified atom stereocenters. The Labute approximate surface area is 98.9 Å². The Morgan fingerprint density at radius 2 is 2.21 bits per heavy atom. The SMILES string of the molecule is Cc1cc(C(Br)CBr)ccc1[N+](=O)[O-]. The predicted octanol–water partition coefficient (Wildman–Crippen LogP) is 3.73. The lowest BCUT2D eigenvalue weighted by Crippen LogP contribution is -1.95. The fraction of sp³-hybridized carbons (Fsp3) is 0.333. The number of rotatable bonds is 3. The summed E-state index contributed by atoms with van der Waals surface area (Å²) < 4.78 is 0. The van der Waals surface area contributed by atoms with Crippen LogP contribution in [-0.2, 0) is 0 Å². The average Bonchev–Trinajstić information content (AvgIpc) is 2.15. The maximum absolute atomic E-state index is 10.6. The number of benzene rings is 1. The van der Waals surface area contributed by atoms with Gasteiger partial charge in [0.15, 0.2) is 0 Å². The van der Waals surface area contributed by atoms with Crippen LogP contribution in [0.2, 0.25) is 0 Å². The minimum atomic E-state index is -0.365. The number of aryl methyl sites for hydroxylation is 1. The van der Waals surface area contributed by atoms with Crippen LogP contribution in [0.4, 0.5) is 5.69 Å². The minimum absolute atomic E-state index is 0.169. The first-order valence-corrected chi connectivity index (χ1v) is 6.05. The van der Waals surface area contributed by atoms with Crippen molar-refractivity contribution < 1.29 is 4.92 Å². The van der Waals surface area contributed by atoms with Gasteiger partial charge in [-0.2, -0.15) is 0 Å². The van der Waals surface area contributed by atoms with Gasteiger partial charge in [-0.25, -0.2) is 0 Å². The standard InChI is InChI=1S/C9H9Br2NO2/c1-6-4-7(8(11)5-10)2-3-9(6)12(13)14/h2-4,8H,5H2,1H3. The minimum Gasteiger partial charge on any atom is -0.258 e. The van der Waals surface area contributed by atoms with E-state index in [0.29, 0.717) is 5.56 Å². The molecule has 1 aromatic rings. The zero-order chi connectivity index (χ0) is 10.7. The van der Waals surface area contributed by atoms with Crippen molar-refractivity contribution >= 4 is 37.5 Å². The van der Waals surface area contributed by atoms with E-state index in [1.54, 1.807) is 19.1 Å². The quantitative estimate of drug-likeness (QED) is 0.483. The highest BCUT2D eigenvalue weighted by Gasteiger charge is 2.13. The van der Waals surface area contributed by atoms with Gasteiger partial charge in [0.1, 0.15) is 0 Å². The zero-order valence-electron chi connectivity index (χ0n) is 7.54. The summed E-state index contributed by atoms with van der Waals surface area (Å²) in [7, 11) is 0. The lowest BCUT2D eigenvalue weighted by atomic mass is 10.1. The summed E-state index contributed by atoms with van der Waals surface area (Å²) in [5.74, 6) is 0. The molecule has 0 aliphatic carbocycles. The first kappa shape index (κ1) is 11.7. The zero-order valence-corrected chi connectivity index (χ0v) is 10.7. The van der Waals surface area contributed by atoms with Gasteiger partial charge in [0.2, 0.25) is 0 Å². The lowest BCUT2D eigenvalue weighted by Gasteiger charge is -2.07. The number of hydrogen-bond acceptors (Lipinski definition) is 2. The molecule has 0 aromatic heterocycles. The van der Waals surface area contributed by atoms with Gasteiger partial charge in [-0.15, -0.1) is 0 Å². The maximum Gasteiger partial charge on any atom is 0.272 e. The summed E-state index contributed by atoms with van der Waals surface area (Å²) in [6.45, 7) is 1.75. The molecular weight excluding hydrogens is 314 g/mol. The first-order valence-electron chi connectivity index (χ1n) is 4.01. The first-order chi connectivity index (χ1) is 6.56. The van der Waals surface area contributed by atoms with Crippen LogP contribution in [0.5, 0.6) is 0 Å². The summed E-state index contributed by atoms with van der Waals surface area (Å²) in [5.41, 5.74) is 1.91. The number of nitrogens with zero attached hydrogens (tertiary/aromatic N) is 1. The van der Waals surface area contributed by atoms with Crippen molar-refractivity contribution in [2.24, 2.45) is 0 Å². The van der Waals surface area contributed by atoms with Gasteiger partial charge in [-0.1, -0.05) is 37.9 Å². The van der Waals surface area contributed by atoms with Crippen molar-refractivity contribution in [3.8, 4) is 0 Å². The molecule has 0 bridgehead atoms. The van der Waals surface area contributed by atoms with Crippen LogP contribution in [0.3, 0.4) is 0 Å². The Kier molecular flexibility index (Phi) is 4.07. The van der Waals surface area contributed by atoms with E-state index in [9.17, 15) is 10.1 Å².